The average Bonchev–Trinajstić information content (AvgIpc) is 2.51. The van der Waals surface area contributed by atoms with E-state index >= 15 is 0 Å². The lowest BCUT2D eigenvalue weighted by atomic mass is 9.80. The van der Waals surface area contributed by atoms with Gasteiger partial charge in [0.1, 0.15) is 0 Å². The number of aliphatic hydroxyl groups excluding tert-OH is 1. The number of aliphatic hydroxyl groups is 1. The Morgan fingerprint density at radius 3 is 2.59 bits per heavy atom. The summed E-state index contributed by atoms with van der Waals surface area (Å²) in [5, 5.41) is 16.0. The van der Waals surface area contributed by atoms with E-state index < -0.39 is 0 Å². The first-order chi connectivity index (χ1) is 10.7. The van der Waals surface area contributed by atoms with E-state index in [-0.39, 0.29) is 6.61 Å². The molecule has 1 aliphatic rings. The third-order valence-corrected chi connectivity index (χ3v) is 4.91. The molecule has 0 amide bonds. The molecule has 22 heavy (non-hydrogen) atoms. The van der Waals surface area contributed by atoms with Crippen molar-refractivity contribution < 1.29 is 5.11 Å². The van der Waals surface area contributed by atoms with E-state index in [1.807, 2.05) is 0 Å². The molecule has 1 fully saturated rings. The molecule has 0 heterocycles. The van der Waals surface area contributed by atoms with Crippen LogP contribution in [0.4, 0.5) is 0 Å². The Hall–Kier alpha value is -0.770. The van der Waals surface area contributed by atoms with Gasteiger partial charge in [0.25, 0.3) is 0 Å². The molecule has 3 N–H and O–H groups in total. The molecule has 0 aromatic rings. The zero-order chi connectivity index (χ0) is 16.2. The van der Waals surface area contributed by atoms with Crippen LogP contribution in [0.1, 0.15) is 65.7 Å². The van der Waals surface area contributed by atoms with E-state index in [9.17, 15) is 0 Å². The Labute approximate surface area is 137 Å². The number of aliphatic imine (C=N–C) groups is 1. The summed E-state index contributed by atoms with van der Waals surface area (Å²) < 4.78 is 0. The maximum Gasteiger partial charge on any atom is 0.191 e. The summed E-state index contributed by atoms with van der Waals surface area (Å²) >= 11 is 0. The monoisotopic (exact) mass is 311 g/mol. The highest BCUT2D eigenvalue weighted by Gasteiger charge is 2.21. The van der Waals surface area contributed by atoms with Gasteiger partial charge in [-0.1, -0.05) is 39.5 Å². The van der Waals surface area contributed by atoms with Gasteiger partial charge in [-0.25, -0.2) is 0 Å². The van der Waals surface area contributed by atoms with Gasteiger partial charge < -0.3 is 15.7 Å². The molecule has 0 saturated heterocycles. The van der Waals surface area contributed by atoms with Crippen LogP contribution in [-0.4, -0.2) is 37.3 Å². The van der Waals surface area contributed by atoms with Crippen LogP contribution < -0.4 is 10.6 Å². The Balaban J connectivity index is 2.46. The Morgan fingerprint density at radius 2 is 1.95 bits per heavy atom. The molecule has 3 atom stereocenters. The van der Waals surface area contributed by atoms with E-state index in [1.165, 1.54) is 25.7 Å². The summed E-state index contributed by atoms with van der Waals surface area (Å²) in [5.41, 5.74) is 0. The maximum atomic E-state index is 9.15. The van der Waals surface area contributed by atoms with Crippen molar-refractivity contribution in [3.8, 4) is 0 Å². The second kappa shape index (κ2) is 11.8. The van der Waals surface area contributed by atoms with Crippen LogP contribution in [0.5, 0.6) is 0 Å². The Kier molecular flexibility index (Phi) is 10.3. The van der Waals surface area contributed by atoms with Gasteiger partial charge in [-0.2, -0.15) is 0 Å². The predicted octanol–water partition coefficient (Wildman–Crippen LogP) is 3.17. The molecule has 0 aliphatic heterocycles. The van der Waals surface area contributed by atoms with Gasteiger partial charge >= 0.3 is 0 Å². The first kappa shape index (κ1) is 19.3. The normalized spacial score (nSPS) is 24.1. The molecule has 1 rings (SSSR count). The highest BCUT2D eigenvalue weighted by Crippen LogP contribution is 2.28. The van der Waals surface area contributed by atoms with E-state index in [0.29, 0.717) is 5.92 Å². The molecule has 4 heteroatoms. The van der Waals surface area contributed by atoms with E-state index in [2.05, 4.69) is 31.4 Å². The second-order valence-corrected chi connectivity index (χ2v) is 6.79. The van der Waals surface area contributed by atoms with Crippen LogP contribution >= 0.6 is 0 Å². The smallest absolute Gasteiger partial charge is 0.191 e. The van der Waals surface area contributed by atoms with Crippen molar-refractivity contribution >= 4 is 5.96 Å². The lowest BCUT2D eigenvalue weighted by Gasteiger charge is -2.29. The molecule has 0 bridgehead atoms. The molecule has 4 nitrogen and oxygen atoms in total. The summed E-state index contributed by atoms with van der Waals surface area (Å²) in [6.07, 6.45) is 8.64. The minimum Gasteiger partial charge on any atom is -0.396 e. The second-order valence-electron chi connectivity index (χ2n) is 6.79. The van der Waals surface area contributed by atoms with Gasteiger partial charge in [0, 0.05) is 26.2 Å². The first-order valence-electron chi connectivity index (χ1n) is 9.34. The van der Waals surface area contributed by atoms with Crippen LogP contribution in [0.3, 0.4) is 0 Å². The van der Waals surface area contributed by atoms with E-state index in [0.717, 1.165) is 56.7 Å². The number of hydrogen-bond acceptors (Lipinski definition) is 2. The zero-order valence-electron chi connectivity index (χ0n) is 14.9. The van der Waals surface area contributed by atoms with Crippen LogP contribution in [-0.2, 0) is 0 Å². The molecular weight excluding hydrogens is 274 g/mol. The Bertz CT molecular complexity index is 301. The maximum absolute atomic E-state index is 9.15. The minimum atomic E-state index is 0.268. The van der Waals surface area contributed by atoms with E-state index in [4.69, 9.17) is 10.1 Å². The quantitative estimate of drug-likeness (QED) is 0.453. The van der Waals surface area contributed by atoms with Crippen LogP contribution in [0.15, 0.2) is 4.99 Å². The van der Waals surface area contributed by atoms with Gasteiger partial charge in [-0.15, -0.1) is 0 Å². The van der Waals surface area contributed by atoms with Gasteiger partial charge in [0.2, 0.25) is 0 Å². The zero-order valence-corrected chi connectivity index (χ0v) is 14.9. The summed E-state index contributed by atoms with van der Waals surface area (Å²) in [7, 11) is 0. The van der Waals surface area contributed by atoms with Crippen molar-refractivity contribution in [1.29, 1.82) is 0 Å². The molecule has 1 aliphatic carbocycles. The fraction of sp³-hybridized carbons (Fsp3) is 0.944. The molecule has 0 aromatic carbocycles. The number of rotatable bonds is 9. The van der Waals surface area contributed by atoms with Crippen molar-refractivity contribution in [3.05, 3.63) is 0 Å². The molecule has 0 radical (unpaired) electrons. The topological polar surface area (TPSA) is 56.7 Å². The largest absolute Gasteiger partial charge is 0.396 e. The highest BCUT2D eigenvalue weighted by atomic mass is 16.3. The predicted molar refractivity (Wildman–Crippen MR) is 95.2 cm³/mol. The lowest BCUT2D eigenvalue weighted by molar-refractivity contribution is 0.252. The minimum absolute atomic E-state index is 0.268. The number of hydrogen-bond donors (Lipinski definition) is 3. The SMILES string of the molecule is CCCC(CCO)CN=C(NCC)NCC1CCCCC1C. The van der Waals surface area contributed by atoms with Crippen LogP contribution in [0, 0.1) is 17.8 Å². The highest BCUT2D eigenvalue weighted by molar-refractivity contribution is 5.79. The molecule has 0 spiro atoms. The Morgan fingerprint density at radius 1 is 1.18 bits per heavy atom. The number of guanidine groups is 1. The third-order valence-electron chi connectivity index (χ3n) is 4.91. The van der Waals surface area contributed by atoms with Crippen molar-refractivity contribution in [1.82, 2.24) is 10.6 Å². The van der Waals surface area contributed by atoms with Crippen molar-refractivity contribution in [2.75, 3.05) is 26.2 Å². The summed E-state index contributed by atoms with van der Waals surface area (Å²) in [5.74, 6) is 3.05. The average molecular weight is 312 g/mol. The molecule has 0 aromatic heterocycles. The van der Waals surface area contributed by atoms with Crippen molar-refractivity contribution in [2.24, 2.45) is 22.7 Å². The van der Waals surface area contributed by atoms with Gasteiger partial charge in [-0.05, 0) is 43.9 Å². The lowest BCUT2D eigenvalue weighted by Crippen LogP contribution is -2.41. The number of nitrogens with one attached hydrogen (secondary N) is 2. The molecule has 130 valence electrons. The molecule has 1 saturated carbocycles. The fourth-order valence-corrected chi connectivity index (χ4v) is 3.40. The number of nitrogens with zero attached hydrogens (tertiary/aromatic N) is 1. The summed E-state index contributed by atoms with van der Waals surface area (Å²) in [6.45, 7) is 9.69. The standard InChI is InChI=1S/C18H37N3O/c1-4-8-16(11-12-22)13-20-18(19-5-2)21-14-17-10-7-6-9-15(17)3/h15-17,22H,4-14H2,1-3H3,(H2,19,20,21). The van der Waals surface area contributed by atoms with Crippen LogP contribution in [0.25, 0.3) is 0 Å². The van der Waals surface area contributed by atoms with Crippen molar-refractivity contribution in [3.63, 3.8) is 0 Å². The summed E-state index contributed by atoms with van der Waals surface area (Å²) in [4.78, 5) is 4.74. The first-order valence-corrected chi connectivity index (χ1v) is 9.34. The van der Waals surface area contributed by atoms with Gasteiger partial charge in [0.15, 0.2) is 5.96 Å². The molecule has 3 unspecified atom stereocenters. The summed E-state index contributed by atoms with van der Waals surface area (Å²) in [6, 6.07) is 0. The van der Waals surface area contributed by atoms with E-state index in [1.54, 1.807) is 0 Å². The fourth-order valence-electron chi connectivity index (χ4n) is 3.40. The van der Waals surface area contributed by atoms with Gasteiger partial charge in [-0.3, -0.25) is 4.99 Å². The van der Waals surface area contributed by atoms with Crippen molar-refractivity contribution in [2.45, 2.75) is 65.7 Å². The van der Waals surface area contributed by atoms with Gasteiger partial charge in [0.05, 0.1) is 0 Å². The third kappa shape index (κ3) is 7.48. The van der Waals surface area contributed by atoms with Crippen LogP contribution in [0.2, 0.25) is 0 Å². The molecular formula is C18H37N3O.